The summed E-state index contributed by atoms with van der Waals surface area (Å²) >= 11 is 1.50. The lowest BCUT2D eigenvalue weighted by Crippen LogP contribution is -2.38. The molecule has 0 aliphatic carbocycles. The summed E-state index contributed by atoms with van der Waals surface area (Å²) in [5, 5.41) is 12.1. The van der Waals surface area contributed by atoms with Gasteiger partial charge in [0.25, 0.3) is 0 Å². The third-order valence-corrected chi connectivity index (χ3v) is 7.80. The van der Waals surface area contributed by atoms with Crippen LogP contribution in [0.4, 0.5) is 0 Å². The van der Waals surface area contributed by atoms with Crippen LogP contribution in [0.25, 0.3) is 31.8 Å². The second kappa shape index (κ2) is 8.34. The van der Waals surface area contributed by atoms with Gasteiger partial charge in [0.2, 0.25) is 5.43 Å². The number of rotatable bonds is 4. The standard InChI is InChI=1S/C26H28N2O3S/c1-4-18-9-7-8-12-28(18)14-17-13-19-24(30)22(16(3)31-25(19)15(2)23(17)29)26-27-20-10-5-6-11-21(20)32-26/h5-6,10-11,13,18,29H,4,7-9,12,14H2,1-3H3. The Kier molecular flexibility index (Phi) is 5.51. The SMILES string of the molecule is CCC1CCCCN1Cc1cc2c(=O)c(-c3nc4ccccc4s3)c(C)oc2c(C)c1O. The van der Waals surface area contributed by atoms with E-state index in [1.54, 1.807) is 6.92 Å². The summed E-state index contributed by atoms with van der Waals surface area (Å²) in [5.41, 5.74) is 3.19. The van der Waals surface area contributed by atoms with E-state index in [0.29, 0.717) is 45.5 Å². The first-order chi connectivity index (χ1) is 15.5. The van der Waals surface area contributed by atoms with Gasteiger partial charge in [-0.15, -0.1) is 11.3 Å². The van der Waals surface area contributed by atoms with Gasteiger partial charge in [0.05, 0.1) is 21.2 Å². The number of thiazole rings is 1. The van der Waals surface area contributed by atoms with Crippen LogP contribution in [-0.2, 0) is 6.54 Å². The quantitative estimate of drug-likeness (QED) is 0.405. The third kappa shape index (κ3) is 3.51. The van der Waals surface area contributed by atoms with E-state index in [-0.39, 0.29) is 11.2 Å². The number of phenols is 1. The van der Waals surface area contributed by atoms with Gasteiger partial charge in [-0.05, 0) is 57.9 Å². The number of benzene rings is 2. The van der Waals surface area contributed by atoms with Crippen LogP contribution in [0.1, 0.15) is 49.5 Å². The van der Waals surface area contributed by atoms with Crippen LogP contribution in [0, 0.1) is 13.8 Å². The number of hydrogen-bond donors (Lipinski definition) is 1. The summed E-state index contributed by atoms with van der Waals surface area (Å²) in [6, 6.07) is 10.2. The van der Waals surface area contributed by atoms with Crippen molar-refractivity contribution in [3.8, 4) is 16.3 Å². The zero-order valence-corrected chi connectivity index (χ0v) is 19.6. The number of aromatic nitrogens is 1. The highest BCUT2D eigenvalue weighted by Gasteiger charge is 2.25. The van der Waals surface area contributed by atoms with E-state index in [2.05, 4.69) is 16.8 Å². The van der Waals surface area contributed by atoms with Crippen LogP contribution in [0.5, 0.6) is 5.75 Å². The Morgan fingerprint density at radius 1 is 1.25 bits per heavy atom. The first kappa shape index (κ1) is 21.2. The highest BCUT2D eigenvalue weighted by Crippen LogP contribution is 2.36. The molecule has 1 unspecified atom stereocenters. The third-order valence-electron chi connectivity index (χ3n) is 6.74. The second-order valence-corrected chi connectivity index (χ2v) is 9.79. The predicted molar refractivity (Wildman–Crippen MR) is 131 cm³/mol. The van der Waals surface area contributed by atoms with Crippen molar-refractivity contribution in [2.75, 3.05) is 6.54 Å². The first-order valence-electron chi connectivity index (χ1n) is 11.4. The number of para-hydroxylation sites is 1. The summed E-state index contributed by atoms with van der Waals surface area (Å²) < 4.78 is 7.16. The van der Waals surface area contributed by atoms with Crippen LogP contribution in [-0.4, -0.2) is 27.6 Å². The Balaban J connectivity index is 1.65. The number of piperidine rings is 1. The maximum atomic E-state index is 13.7. The largest absolute Gasteiger partial charge is 0.507 e. The number of aromatic hydroxyl groups is 1. The first-order valence-corrected chi connectivity index (χ1v) is 12.2. The van der Waals surface area contributed by atoms with E-state index in [1.807, 2.05) is 37.3 Å². The van der Waals surface area contributed by atoms with Crippen LogP contribution in [0.2, 0.25) is 0 Å². The van der Waals surface area contributed by atoms with Crippen LogP contribution < -0.4 is 5.43 Å². The molecule has 1 atom stereocenters. The number of nitrogens with zero attached hydrogens (tertiary/aromatic N) is 2. The predicted octanol–water partition coefficient (Wildman–Crippen LogP) is 6.16. The normalized spacial score (nSPS) is 17.4. The van der Waals surface area contributed by atoms with Gasteiger partial charge in [0.1, 0.15) is 22.1 Å². The minimum atomic E-state index is -0.0853. The van der Waals surface area contributed by atoms with Crippen molar-refractivity contribution in [3.63, 3.8) is 0 Å². The lowest BCUT2D eigenvalue weighted by atomic mass is 9.97. The highest BCUT2D eigenvalue weighted by atomic mass is 32.1. The Labute approximate surface area is 191 Å². The molecule has 2 aromatic heterocycles. The minimum Gasteiger partial charge on any atom is -0.507 e. The molecule has 0 radical (unpaired) electrons. The van der Waals surface area contributed by atoms with Gasteiger partial charge in [0, 0.05) is 23.7 Å². The Bertz CT molecular complexity index is 1340. The van der Waals surface area contributed by atoms with E-state index >= 15 is 0 Å². The molecule has 1 saturated heterocycles. The molecule has 1 N–H and O–H groups in total. The topological polar surface area (TPSA) is 66.6 Å². The summed E-state index contributed by atoms with van der Waals surface area (Å²) in [6.45, 7) is 7.51. The van der Waals surface area contributed by atoms with E-state index in [0.717, 1.165) is 28.7 Å². The molecule has 2 aromatic carbocycles. The summed E-state index contributed by atoms with van der Waals surface area (Å²) in [4.78, 5) is 20.8. The zero-order chi connectivity index (χ0) is 22.4. The minimum absolute atomic E-state index is 0.0853. The fraction of sp³-hybridized carbons (Fsp3) is 0.385. The molecular formula is C26H28N2O3S. The van der Waals surface area contributed by atoms with Gasteiger partial charge >= 0.3 is 0 Å². The molecule has 0 saturated carbocycles. The van der Waals surface area contributed by atoms with Crippen molar-refractivity contribution in [1.82, 2.24) is 9.88 Å². The number of aryl methyl sites for hydroxylation is 2. The molecule has 0 spiro atoms. The smallest absolute Gasteiger partial charge is 0.203 e. The molecule has 5 rings (SSSR count). The molecule has 32 heavy (non-hydrogen) atoms. The Hall–Kier alpha value is -2.70. The van der Waals surface area contributed by atoms with Gasteiger partial charge < -0.3 is 9.52 Å². The van der Waals surface area contributed by atoms with E-state index < -0.39 is 0 Å². The Morgan fingerprint density at radius 2 is 2.06 bits per heavy atom. The number of hydrogen-bond acceptors (Lipinski definition) is 6. The molecule has 3 heterocycles. The maximum Gasteiger partial charge on any atom is 0.203 e. The van der Waals surface area contributed by atoms with Gasteiger partial charge in [0.15, 0.2) is 0 Å². The molecule has 6 heteroatoms. The zero-order valence-electron chi connectivity index (χ0n) is 18.8. The lowest BCUT2D eigenvalue weighted by Gasteiger charge is -2.35. The molecule has 0 bridgehead atoms. The van der Waals surface area contributed by atoms with Crippen molar-refractivity contribution in [2.45, 2.75) is 59.0 Å². The van der Waals surface area contributed by atoms with Gasteiger partial charge in [-0.25, -0.2) is 4.98 Å². The van der Waals surface area contributed by atoms with E-state index in [4.69, 9.17) is 4.42 Å². The number of likely N-dealkylation sites (tertiary alicyclic amines) is 1. The summed E-state index contributed by atoms with van der Waals surface area (Å²) in [6.07, 6.45) is 4.71. The van der Waals surface area contributed by atoms with Crippen LogP contribution >= 0.6 is 11.3 Å². The van der Waals surface area contributed by atoms with Gasteiger partial charge in [-0.3, -0.25) is 9.69 Å². The fourth-order valence-electron chi connectivity index (χ4n) is 4.95. The summed E-state index contributed by atoms with van der Waals surface area (Å²) in [5.74, 6) is 0.757. The van der Waals surface area contributed by atoms with Crippen molar-refractivity contribution in [2.24, 2.45) is 0 Å². The molecule has 1 aliphatic rings. The molecule has 166 valence electrons. The van der Waals surface area contributed by atoms with Crippen LogP contribution in [0.3, 0.4) is 0 Å². The monoisotopic (exact) mass is 448 g/mol. The van der Waals surface area contributed by atoms with E-state index in [1.165, 1.54) is 30.6 Å². The summed E-state index contributed by atoms with van der Waals surface area (Å²) in [7, 11) is 0. The van der Waals surface area contributed by atoms with E-state index in [9.17, 15) is 9.90 Å². The lowest BCUT2D eigenvalue weighted by molar-refractivity contribution is 0.135. The highest BCUT2D eigenvalue weighted by molar-refractivity contribution is 7.21. The maximum absolute atomic E-state index is 13.7. The molecule has 1 fully saturated rings. The van der Waals surface area contributed by atoms with Crippen molar-refractivity contribution in [1.29, 1.82) is 0 Å². The van der Waals surface area contributed by atoms with Crippen molar-refractivity contribution < 1.29 is 9.52 Å². The molecule has 0 amide bonds. The number of phenolic OH excluding ortho intramolecular Hbond substituents is 1. The average molecular weight is 449 g/mol. The van der Waals surface area contributed by atoms with Gasteiger partial charge in [-0.2, -0.15) is 0 Å². The van der Waals surface area contributed by atoms with Gasteiger partial charge in [-0.1, -0.05) is 25.5 Å². The van der Waals surface area contributed by atoms with Crippen LogP contribution in [0.15, 0.2) is 39.5 Å². The molecule has 4 aromatic rings. The molecular weight excluding hydrogens is 420 g/mol. The Morgan fingerprint density at radius 3 is 2.84 bits per heavy atom. The van der Waals surface area contributed by atoms with Crippen molar-refractivity contribution >= 4 is 32.5 Å². The second-order valence-electron chi connectivity index (χ2n) is 8.76. The molecule has 5 nitrogen and oxygen atoms in total. The van der Waals surface area contributed by atoms with Crippen molar-refractivity contribution in [3.05, 3.63) is 57.4 Å². The number of fused-ring (bicyclic) bond motifs is 2. The average Bonchev–Trinajstić information content (AvgIpc) is 3.22. The fourth-order valence-corrected chi connectivity index (χ4v) is 6.01. The molecule has 1 aliphatic heterocycles.